The second kappa shape index (κ2) is 8.67. The second-order valence-electron chi connectivity index (χ2n) is 6.67. The number of fused-ring (bicyclic) bond motifs is 1. The average Bonchev–Trinajstić information content (AvgIpc) is 3.18. The number of amides is 2. The Morgan fingerprint density at radius 1 is 0.833 bits per heavy atom. The highest BCUT2D eigenvalue weighted by molar-refractivity contribution is 7.20. The van der Waals surface area contributed by atoms with E-state index in [-0.39, 0.29) is 18.4 Å². The number of hydrogen-bond donors (Lipinski definition) is 4. The molecule has 1 aromatic heterocycles. The summed E-state index contributed by atoms with van der Waals surface area (Å²) < 4.78 is 0.960. The van der Waals surface area contributed by atoms with Crippen LogP contribution in [0.25, 0.3) is 10.1 Å². The molecule has 4 aromatic rings. The van der Waals surface area contributed by atoms with Gasteiger partial charge in [0.1, 0.15) is 0 Å². The number of anilines is 4. The summed E-state index contributed by atoms with van der Waals surface area (Å²) in [4.78, 5) is 25.4. The van der Waals surface area contributed by atoms with Gasteiger partial charge in [-0.1, -0.05) is 30.3 Å². The van der Waals surface area contributed by atoms with E-state index in [1.54, 1.807) is 12.1 Å². The fourth-order valence-corrected chi connectivity index (χ4v) is 3.91. The van der Waals surface area contributed by atoms with Crippen molar-refractivity contribution < 1.29 is 9.59 Å². The molecule has 150 valence electrons. The van der Waals surface area contributed by atoms with Crippen LogP contribution in [0, 0.1) is 0 Å². The van der Waals surface area contributed by atoms with Crippen molar-refractivity contribution in [3.8, 4) is 0 Å². The lowest BCUT2D eigenvalue weighted by Gasteiger charge is -2.07. The van der Waals surface area contributed by atoms with Crippen molar-refractivity contribution in [1.82, 2.24) is 0 Å². The number of benzene rings is 3. The van der Waals surface area contributed by atoms with Gasteiger partial charge in [0.2, 0.25) is 5.91 Å². The molecule has 3 aromatic carbocycles. The molecule has 0 fully saturated rings. The number of nitrogens with two attached hydrogens (primary N) is 1. The maximum atomic E-state index is 12.6. The van der Waals surface area contributed by atoms with E-state index in [0.717, 1.165) is 15.8 Å². The Hall–Kier alpha value is -3.84. The fourth-order valence-electron chi connectivity index (χ4n) is 2.97. The van der Waals surface area contributed by atoms with E-state index in [1.165, 1.54) is 11.3 Å². The van der Waals surface area contributed by atoms with Crippen LogP contribution in [0.2, 0.25) is 0 Å². The van der Waals surface area contributed by atoms with Gasteiger partial charge in [-0.25, -0.2) is 0 Å². The molecular weight excluding hydrogens is 396 g/mol. The predicted molar refractivity (Wildman–Crippen MR) is 124 cm³/mol. The maximum Gasteiger partial charge on any atom is 0.265 e. The quantitative estimate of drug-likeness (QED) is 0.340. The third-order valence-corrected chi connectivity index (χ3v) is 5.57. The van der Waals surface area contributed by atoms with Gasteiger partial charge < -0.3 is 21.7 Å². The molecule has 2 amide bonds. The monoisotopic (exact) mass is 416 g/mol. The van der Waals surface area contributed by atoms with Crippen molar-refractivity contribution in [1.29, 1.82) is 0 Å². The Morgan fingerprint density at radius 3 is 2.40 bits per heavy atom. The molecule has 6 nitrogen and oxygen atoms in total. The highest BCUT2D eigenvalue weighted by Gasteiger charge is 2.12. The highest BCUT2D eigenvalue weighted by atomic mass is 32.1. The predicted octanol–water partition coefficient (Wildman–Crippen LogP) is 4.79. The smallest absolute Gasteiger partial charge is 0.265 e. The molecule has 4 rings (SSSR count). The summed E-state index contributed by atoms with van der Waals surface area (Å²) in [7, 11) is 0. The van der Waals surface area contributed by atoms with Gasteiger partial charge >= 0.3 is 0 Å². The molecule has 5 N–H and O–H groups in total. The number of rotatable bonds is 6. The van der Waals surface area contributed by atoms with Crippen molar-refractivity contribution in [2.45, 2.75) is 0 Å². The lowest BCUT2D eigenvalue weighted by atomic mass is 10.2. The minimum absolute atomic E-state index is 0.147. The molecule has 0 atom stereocenters. The van der Waals surface area contributed by atoms with Crippen molar-refractivity contribution in [2.75, 3.05) is 28.2 Å². The fraction of sp³-hybridized carbons (Fsp3) is 0.0435. The van der Waals surface area contributed by atoms with Crippen molar-refractivity contribution in [3.05, 3.63) is 83.7 Å². The molecule has 0 aliphatic carbocycles. The normalized spacial score (nSPS) is 10.5. The van der Waals surface area contributed by atoms with E-state index in [1.807, 2.05) is 66.7 Å². The molecule has 0 aliphatic heterocycles. The van der Waals surface area contributed by atoms with Crippen LogP contribution in [0.15, 0.2) is 78.9 Å². The molecule has 7 heteroatoms. The topological polar surface area (TPSA) is 96.2 Å². The molecule has 0 aliphatic rings. The average molecular weight is 417 g/mol. The lowest BCUT2D eigenvalue weighted by molar-refractivity contribution is -0.114. The molecule has 30 heavy (non-hydrogen) atoms. The lowest BCUT2D eigenvalue weighted by Crippen LogP contribution is -2.21. The first-order valence-electron chi connectivity index (χ1n) is 9.37. The number of nitrogens with one attached hydrogen (secondary N) is 3. The van der Waals surface area contributed by atoms with Crippen LogP contribution in [0.5, 0.6) is 0 Å². The number of thiophene rings is 1. The zero-order valence-corrected chi connectivity index (χ0v) is 16.8. The molecule has 0 saturated carbocycles. The van der Waals surface area contributed by atoms with Gasteiger partial charge in [0.15, 0.2) is 0 Å². The summed E-state index contributed by atoms with van der Waals surface area (Å²) in [5.41, 5.74) is 8.56. The van der Waals surface area contributed by atoms with E-state index in [0.29, 0.717) is 21.9 Å². The third kappa shape index (κ3) is 4.59. The summed E-state index contributed by atoms with van der Waals surface area (Å²) >= 11 is 1.39. The summed E-state index contributed by atoms with van der Waals surface area (Å²) in [5.74, 6) is -0.363. The van der Waals surface area contributed by atoms with Crippen molar-refractivity contribution in [2.24, 2.45) is 0 Å². The Balaban J connectivity index is 1.42. The molecule has 0 bridgehead atoms. The van der Waals surface area contributed by atoms with E-state index in [4.69, 9.17) is 5.73 Å². The number of carbonyl (C=O) groups is 2. The van der Waals surface area contributed by atoms with Gasteiger partial charge in [-0.05, 0) is 53.9 Å². The number of hydrogen-bond acceptors (Lipinski definition) is 5. The summed E-state index contributed by atoms with van der Waals surface area (Å²) in [6, 6.07) is 24.1. The third-order valence-electron chi connectivity index (χ3n) is 4.46. The van der Waals surface area contributed by atoms with Gasteiger partial charge in [-0.2, -0.15) is 0 Å². The van der Waals surface area contributed by atoms with E-state index in [9.17, 15) is 9.59 Å². The van der Waals surface area contributed by atoms with Crippen LogP contribution in [-0.4, -0.2) is 18.4 Å². The van der Waals surface area contributed by atoms with Crippen LogP contribution in [0.4, 0.5) is 22.7 Å². The first-order chi connectivity index (χ1) is 14.6. The first kappa shape index (κ1) is 19.5. The summed E-state index contributed by atoms with van der Waals surface area (Å²) in [6.07, 6.45) is 0. The van der Waals surface area contributed by atoms with Gasteiger partial charge in [0, 0.05) is 16.1 Å². The van der Waals surface area contributed by atoms with Gasteiger partial charge in [-0.15, -0.1) is 11.3 Å². The SMILES string of the molecule is Nc1ccccc1NC(=O)c1cc2cc(NC(=O)CNc3ccccc3)ccc2s1. The van der Waals surface area contributed by atoms with Crippen LogP contribution in [0.1, 0.15) is 9.67 Å². The first-order valence-corrected chi connectivity index (χ1v) is 10.2. The van der Waals surface area contributed by atoms with E-state index < -0.39 is 0 Å². The highest BCUT2D eigenvalue weighted by Crippen LogP contribution is 2.29. The molecule has 1 heterocycles. The zero-order chi connectivity index (χ0) is 20.9. The van der Waals surface area contributed by atoms with Crippen LogP contribution in [-0.2, 0) is 4.79 Å². The molecule has 0 saturated heterocycles. The van der Waals surface area contributed by atoms with Crippen LogP contribution in [0.3, 0.4) is 0 Å². The Bertz CT molecular complexity index is 1200. The Morgan fingerprint density at radius 2 is 1.60 bits per heavy atom. The van der Waals surface area contributed by atoms with Gasteiger partial charge in [-0.3, -0.25) is 9.59 Å². The Kier molecular flexibility index (Phi) is 5.63. The minimum Gasteiger partial charge on any atom is -0.397 e. The number of carbonyl (C=O) groups excluding carboxylic acids is 2. The van der Waals surface area contributed by atoms with Gasteiger partial charge in [0.05, 0.1) is 22.8 Å². The second-order valence-corrected chi connectivity index (χ2v) is 7.76. The zero-order valence-electron chi connectivity index (χ0n) is 16.0. The molecule has 0 unspecified atom stereocenters. The van der Waals surface area contributed by atoms with Crippen LogP contribution >= 0.6 is 11.3 Å². The summed E-state index contributed by atoms with van der Waals surface area (Å²) in [5, 5.41) is 9.68. The van der Waals surface area contributed by atoms with Crippen LogP contribution < -0.4 is 21.7 Å². The van der Waals surface area contributed by atoms with E-state index >= 15 is 0 Å². The number of para-hydroxylation sites is 3. The molecule has 0 spiro atoms. The maximum absolute atomic E-state index is 12.6. The van der Waals surface area contributed by atoms with E-state index in [2.05, 4.69) is 16.0 Å². The van der Waals surface area contributed by atoms with Gasteiger partial charge in [0.25, 0.3) is 5.91 Å². The largest absolute Gasteiger partial charge is 0.397 e. The number of nitrogen functional groups attached to an aromatic ring is 1. The minimum atomic E-state index is -0.216. The standard InChI is InChI=1S/C23H20N4O2S/c24-18-8-4-5-9-19(18)27-23(29)21-13-15-12-17(10-11-20(15)30-21)26-22(28)14-25-16-6-2-1-3-7-16/h1-13,25H,14,24H2,(H,26,28)(H,27,29). The Labute approximate surface area is 177 Å². The van der Waals surface area contributed by atoms with Crippen molar-refractivity contribution >= 4 is 56.0 Å². The molecular formula is C23H20N4O2S. The summed E-state index contributed by atoms with van der Waals surface area (Å²) in [6.45, 7) is 0.165. The molecule has 0 radical (unpaired) electrons. The van der Waals surface area contributed by atoms with Crippen molar-refractivity contribution in [3.63, 3.8) is 0 Å².